The Hall–Kier alpha value is -3.41. The third-order valence-electron chi connectivity index (χ3n) is 6.50. The molecule has 0 bridgehead atoms. The van der Waals surface area contributed by atoms with Crippen molar-refractivity contribution < 1.29 is 4.74 Å². The summed E-state index contributed by atoms with van der Waals surface area (Å²) in [7, 11) is 1.66. The molecule has 0 saturated carbocycles. The van der Waals surface area contributed by atoms with Crippen LogP contribution < -0.4 is 19.6 Å². The maximum Gasteiger partial charge on any atom is 0.271 e. The van der Waals surface area contributed by atoms with Crippen LogP contribution in [0.2, 0.25) is 5.02 Å². The molecule has 3 aromatic carbocycles. The normalized spacial score (nSPS) is 17.0. The van der Waals surface area contributed by atoms with Crippen LogP contribution in [0.1, 0.15) is 34.7 Å². The van der Waals surface area contributed by atoms with Crippen LogP contribution in [-0.2, 0) is 6.42 Å². The lowest BCUT2D eigenvalue weighted by Crippen LogP contribution is -2.38. The summed E-state index contributed by atoms with van der Waals surface area (Å²) in [5.74, 6) is 0.790. The Labute approximate surface area is 205 Å². The Morgan fingerprint density at radius 3 is 2.59 bits per heavy atom. The van der Waals surface area contributed by atoms with Crippen molar-refractivity contribution in [1.82, 2.24) is 4.57 Å². The molecule has 0 N–H and O–H groups in total. The highest BCUT2D eigenvalue weighted by molar-refractivity contribution is 7.07. The van der Waals surface area contributed by atoms with Crippen LogP contribution in [-0.4, -0.2) is 11.7 Å². The zero-order valence-electron chi connectivity index (χ0n) is 18.5. The molecule has 1 aliphatic carbocycles. The molecule has 34 heavy (non-hydrogen) atoms. The summed E-state index contributed by atoms with van der Waals surface area (Å²) in [6.45, 7) is 0. The van der Waals surface area contributed by atoms with Gasteiger partial charge in [0.15, 0.2) is 4.80 Å². The minimum atomic E-state index is -0.209. The van der Waals surface area contributed by atoms with Gasteiger partial charge in [0.1, 0.15) is 5.75 Å². The monoisotopic (exact) mass is 484 g/mol. The second kappa shape index (κ2) is 8.42. The van der Waals surface area contributed by atoms with E-state index in [2.05, 4.69) is 24.3 Å². The van der Waals surface area contributed by atoms with Gasteiger partial charge >= 0.3 is 0 Å². The lowest BCUT2D eigenvalue weighted by atomic mass is 9.83. The average molecular weight is 485 g/mol. The van der Waals surface area contributed by atoms with Crippen molar-refractivity contribution in [3.8, 4) is 5.75 Å². The second-order valence-corrected chi connectivity index (χ2v) is 9.82. The standard InChI is InChI=1S/C28H21ClN2O2S/c1-33-20-13-10-18(11-14-20)26-22-15-12-17-6-2-4-8-21(17)25(22)30-28-31(26)27(32)24(34-28)16-19-7-3-5-9-23(19)29/h2-11,13-14,16,26H,12,15H2,1H3/t26-/m1/s1. The predicted octanol–water partition coefficient (Wildman–Crippen LogP) is 4.98. The SMILES string of the molecule is COc1ccc([C@@H]2C3=C(N=c4sc(=Cc5ccccc5Cl)c(=O)n42)c2ccccc2CC3)cc1. The van der Waals surface area contributed by atoms with Gasteiger partial charge in [0.25, 0.3) is 5.56 Å². The molecule has 0 radical (unpaired) electrons. The number of hydrogen-bond acceptors (Lipinski definition) is 4. The molecular weight excluding hydrogens is 464 g/mol. The summed E-state index contributed by atoms with van der Waals surface area (Å²) in [4.78, 5) is 19.5. The highest BCUT2D eigenvalue weighted by atomic mass is 35.5. The molecule has 1 aromatic heterocycles. The van der Waals surface area contributed by atoms with Crippen LogP contribution >= 0.6 is 22.9 Å². The predicted molar refractivity (Wildman–Crippen MR) is 137 cm³/mol. The van der Waals surface area contributed by atoms with Gasteiger partial charge in [0.05, 0.1) is 23.4 Å². The zero-order valence-corrected chi connectivity index (χ0v) is 20.1. The molecule has 4 aromatic rings. The third kappa shape index (κ3) is 3.44. The molecular formula is C28H21ClN2O2S. The zero-order chi connectivity index (χ0) is 23.2. The second-order valence-electron chi connectivity index (χ2n) is 8.41. The van der Waals surface area contributed by atoms with E-state index in [1.54, 1.807) is 7.11 Å². The molecule has 6 heteroatoms. The molecule has 168 valence electrons. The Morgan fingerprint density at radius 2 is 1.79 bits per heavy atom. The first kappa shape index (κ1) is 21.1. The first-order chi connectivity index (χ1) is 16.6. The van der Waals surface area contributed by atoms with Crippen LogP contribution in [0.3, 0.4) is 0 Å². The molecule has 2 heterocycles. The van der Waals surface area contributed by atoms with Crippen molar-refractivity contribution in [2.45, 2.75) is 18.9 Å². The largest absolute Gasteiger partial charge is 0.497 e. The molecule has 0 fully saturated rings. The van der Waals surface area contributed by atoms with E-state index in [0.29, 0.717) is 14.4 Å². The van der Waals surface area contributed by atoms with Gasteiger partial charge in [0.2, 0.25) is 0 Å². The number of methoxy groups -OCH3 is 1. The number of ether oxygens (including phenoxy) is 1. The Bertz CT molecular complexity index is 1630. The molecule has 0 amide bonds. The minimum Gasteiger partial charge on any atom is -0.497 e. The number of aryl methyl sites for hydroxylation is 1. The summed E-state index contributed by atoms with van der Waals surface area (Å²) >= 11 is 7.80. The number of fused-ring (bicyclic) bond motifs is 3. The lowest BCUT2D eigenvalue weighted by Gasteiger charge is -2.30. The molecule has 1 aliphatic heterocycles. The maximum absolute atomic E-state index is 13.7. The smallest absolute Gasteiger partial charge is 0.271 e. The van der Waals surface area contributed by atoms with Crippen molar-refractivity contribution in [3.05, 3.63) is 125 Å². The van der Waals surface area contributed by atoms with E-state index in [1.807, 2.05) is 59.2 Å². The van der Waals surface area contributed by atoms with Crippen LogP contribution in [0.25, 0.3) is 11.8 Å². The number of aromatic nitrogens is 1. The summed E-state index contributed by atoms with van der Waals surface area (Å²) < 4.78 is 7.84. The third-order valence-corrected chi connectivity index (χ3v) is 7.82. The fourth-order valence-corrected chi connectivity index (χ4v) is 6.02. The van der Waals surface area contributed by atoms with Gasteiger partial charge in [-0.05, 0) is 59.4 Å². The van der Waals surface area contributed by atoms with Crippen molar-refractivity contribution in [3.63, 3.8) is 0 Å². The Balaban J connectivity index is 1.62. The number of benzene rings is 3. The number of rotatable bonds is 3. The molecule has 0 unspecified atom stereocenters. The van der Waals surface area contributed by atoms with Crippen molar-refractivity contribution in [2.75, 3.05) is 7.11 Å². The first-order valence-electron chi connectivity index (χ1n) is 11.2. The summed E-state index contributed by atoms with van der Waals surface area (Å²) in [6, 6.07) is 23.8. The van der Waals surface area contributed by atoms with Gasteiger partial charge < -0.3 is 4.74 Å². The lowest BCUT2D eigenvalue weighted by molar-refractivity contribution is 0.414. The quantitative estimate of drug-likeness (QED) is 0.411. The highest BCUT2D eigenvalue weighted by Gasteiger charge is 2.32. The topological polar surface area (TPSA) is 43.6 Å². The molecule has 1 atom stereocenters. The van der Waals surface area contributed by atoms with Gasteiger partial charge in [-0.15, -0.1) is 0 Å². The molecule has 2 aliphatic rings. The number of thiazole rings is 1. The van der Waals surface area contributed by atoms with Crippen LogP contribution in [0.4, 0.5) is 0 Å². The van der Waals surface area contributed by atoms with E-state index < -0.39 is 0 Å². The van der Waals surface area contributed by atoms with E-state index in [1.165, 1.54) is 22.5 Å². The van der Waals surface area contributed by atoms with Gasteiger partial charge in [-0.2, -0.15) is 0 Å². The first-order valence-corrected chi connectivity index (χ1v) is 12.3. The van der Waals surface area contributed by atoms with Crippen molar-refractivity contribution >= 4 is 34.7 Å². The van der Waals surface area contributed by atoms with Crippen LogP contribution in [0.15, 0.2) is 88.2 Å². The Kier molecular flexibility index (Phi) is 5.24. The van der Waals surface area contributed by atoms with E-state index in [9.17, 15) is 4.79 Å². The Morgan fingerprint density at radius 1 is 1.03 bits per heavy atom. The van der Waals surface area contributed by atoms with Gasteiger partial charge in [0, 0.05) is 10.6 Å². The summed E-state index contributed by atoms with van der Waals surface area (Å²) in [6.07, 6.45) is 3.66. The van der Waals surface area contributed by atoms with Crippen LogP contribution in [0.5, 0.6) is 5.75 Å². The van der Waals surface area contributed by atoms with Crippen LogP contribution in [0, 0.1) is 0 Å². The molecule has 0 spiro atoms. The van der Waals surface area contributed by atoms with E-state index in [0.717, 1.165) is 41.0 Å². The average Bonchev–Trinajstić information content (AvgIpc) is 3.18. The van der Waals surface area contributed by atoms with Gasteiger partial charge in [-0.1, -0.05) is 77.5 Å². The fraction of sp³-hybridized carbons (Fsp3) is 0.143. The van der Waals surface area contributed by atoms with Crippen molar-refractivity contribution in [2.24, 2.45) is 4.99 Å². The minimum absolute atomic E-state index is 0.0464. The fourth-order valence-electron chi connectivity index (χ4n) is 4.84. The summed E-state index contributed by atoms with van der Waals surface area (Å²) in [5, 5.41) is 0.619. The van der Waals surface area contributed by atoms with E-state index in [-0.39, 0.29) is 11.6 Å². The number of halogens is 1. The van der Waals surface area contributed by atoms with E-state index in [4.69, 9.17) is 21.3 Å². The van der Waals surface area contributed by atoms with Gasteiger partial charge in [-0.25, -0.2) is 4.99 Å². The summed E-state index contributed by atoms with van der Waals surface area (Å²) in [5.41, 5.74) is 6.46. The van der Waals surface area contributed by atoms with Crippen molar-refractivity contribution in [1.29, 1.82) is 0 Å². The maximum atomic E-state index is 13.7. The molecule has 0 saturated heterocycles. The number of allylic oxidation sites excluding steroid dienone is 1. The molecule has 4 nitrogen and oxygen atoms in total. The highest BCUT2D eigenvalue weighted by Crippen LogP contribution is 2.41. The van der Waals surface area contributed by atoms with E-state index >= 15 is 0 Å². The number of hydrogen-bond donors (Lipinski definition) is 0. The number of nitrogens with zero attached hydrogens (tertiary/aromatic N) is 2. The molecule has 6 rings (SSSR count). The van der Waals surface area contributed by atoms with Gasteiger partial charge in [-0.3, -0.25) is 9.36 Å².